The van der Waals surface area contributed by atoms with Crippen LogP contribution in [0.15, 0.2) is 24.7 Å². The van der Waals surface area contributed by atoms with Gasteiger partial charge in [-0.25, -0.2) is 9.78 Å². The van der Waals surface area contributed by atoms with Gasteiger partial charge in [0, 0.05) is 42.1 Å². The largest absolute Gasteiger partial charge is 0.444 e. The van der Waals surface area contributed by atoms with Crippen LogP contribution in [0, 0.1) is 16.0 Å². The highest BCUT2D eigenvalue weighted by molar-refractivity contribution is 6.31. The Kier molecular flexibility index (Phi) is 8.43. The summed E-state index contributed by atoms with van der Waals surface area (Å²) >= 11 is 6.14. The molecule has 11 nitrogen and oxygen atoms in total. The van der Waals surface area contributed by atoms with Crippen molar-refractivity contribution in [3.05, 3.63) is 45.4 Å². The molecule has 12 heteroatoms. The number of aromatic nitrogens is 3. The Morgan fingerprint density at radius 3 is 2.62 bits per heavy atom. The van der Waals surface area contributed by atoms with Crippen molar-refractivity contribution in [3.8, 4) is 0 Å². The first kappa shape index (κ1) is 25.4. The van der Waals surface area contributed by atoms with Crippen molar-refractivity contribution in [3.63, 3.8) is 0 Å². The van der Waals surface area contributed by atoms with E-state index < -0.39 is 16.6 Å². The van der Waals surface area contributed by atoms with Crippen molar-refractivity contribution in [2.24, 2.45) is 5.92 Å². The standard InChI is InChI=1S/C22H30ClN7O4/c1-22(2,3)34-21(31)28-16-6-4-14(5-7-16)10-25-19-18(30(32)33)13-27-20(29-19)26-12-15-11-24-9-8-17(15)23/h8-9,11,13-14,16H,4-7,10,12H2,1-3H3,(H,28,31)(H2,25,26,27,29). The van der Waals surface area contributed by atoms with Crippen LogP contribution in [0.1, 0.15) is 52.0 Å². The van der Waals surface area contributed by atoms with E-state index in [1.54, 1.807) is 18.5 Å². The van der Waals surface area contributed by atoms with Crippen LogP contribution in [0.2, 0.25) is 5.02 Å². The number of nitrogens with zero attached hydrogens (tertiary/aromatic N) is 4. The summed E-state index contributed by atoms with van der Waals surface area (Å²) in [5.74, 6) is 0.712. The van der Waals surface area contributed by atoms with E-state index in [2.05, 4.69) is 30.9 Å². The molecule has 2 aromatic rings. The summed E-state index contributed by atoms with van der Waals surface area (Å²) in [5.41, 5.74) is 0.0395. The maximum Gasteiger partial charge on any atom is 0.407 e. The first-order valence-electron chi connectivity index (χ1n) is 11.2. The first-order valence-corrected chi connectivity index (χ1v) is 11.6. The summed E-state index contributed by atoms with van der Waals surface area (Å²) < 4.78 is 5.32. The fraction of sp³-hybridized carbons (Fsp3) is 0.545. The van der Waals surface area contributed by atoms with Crippen LogP contribution in [0.5, 0.6) is 0 Å². The number of rotatable bonds is 8. The van der Waals surface area contributed by atoms with Gasteiger partial charge in [-0.05, 0) is 58.4 Å². The molecule has 34 heavy (non-hydrogen) atoms. The molecule has 3 rings (SSSR count). The maximum absolute atomic E-state index is 12.0. The lowest BCUT2D eigenvalue weighted by Gasteiger charge is -2.30. The van der Waals surface area contributed by atoms with Crippen molar-refractivity contribution >= 4 is 35.1 Å². The number of alkyl carbamates (subject to hydrolysis) is 1. The minimum atomic E-state index is -0.532. The normalized spacial score (nSPS) is 18.1. The predicted molar refractivity (Wildman–Crippen MR) is 129 cm³/mol. The fourth-order valence-corrected chi connectivity index (χ4v) is 3.84. The number of hydrogen-bond acceptors (Lipinski definition) is 9. The molecule has 2 heterocycles. The average molecular weight is 492 g/mol. The van der Waals surface area contributed by atoms with Gasteiger partial charge < -0.3 is 20.7 Å². The molecule has 2 aromatic heterocycles. The van der Waals surface area contributed by atoms with Crippen LogP contribution in [0.25, 0.3) is 0 Å². The molecule has 0 radical (unpaired) electrons. The number of carbonyl (C=O) groups is 1. The average Bonchev–Trinajstić information content (AvgIpc) is 2.76. The summed E-state index contributed by atoms with van der Waals surface area (Å²) in [6, 6.07) is 1.75. The van der Waals surface area contributed by atoms with Gasteiger partial charge in [-0.3, -0.25) is 15.1 Å². The molecular formula is C22H30ClN7O4. The molecule has 1 amide bonds. The smallest absolute Gasteiger partial charge is 0.407 e. The number of amides is 1. The second-order valence-corrected chi connectivity index (χ2v) is 9.66. The van der Waals surface area contributed by atoms with Gasteiger partial charge in [0.05, 0.1) is 4.92 Å². The fourth-order valence-electron chi connectivity index (χ4n) is 3.67. The molecule has 184 valence electrons. The highest BCUT2D eigenvalue weighted by Gasteiger charge is 2.26. The molecule has 1 saturated carbocycles. The lowest BCUT2D eigenvalue weighted by atomic mass is 9.86. The van der Waals surface area contributed by atoms with E-state index in [0.717, 1.165) is 31.2 Å². The summed E-state index contributed by atoms with van der Waals surface area (Å²) in [6.07, 6.45) is 7.38. The van der Waals surface area contributed by atoms with E-state index in [9.17, 15) is 14.9 Å². The van der Waals surface area contributed by atoms with E-state index in [0.29, 0.717) is 24.0 Å². The molecule has 0 saturated heterocycles. The third-order valence-corrected chi connectivity index (χ3v) is 5.74. The van der Waals surface area contributed by atoms with Gasteiger partial charge in [0.15, 0.2) is 0 Å². The molecule has 0 bridgehead atoms. The number of nitro groups is 1. The van der Waals surface area contributed by atoms with Crippen molar-refractivity contribution in [2.45, 2.75) is 64.6 Å². The van der Waals surface area contributed by atoms with Gasteiger partial charge in [0.1, 0.15) is 11.8 Å². The number of nitrogens with one attached hydrogen (secondary N) is 3. The SMILES string of the molecule is CC(C)(C)OC(=O)NC1CCC(CNc2nc(NCc3cnccc3Cl)ncc2[N+](=O)[O-])CC1. The Labute approximate surface area is 203 Å². The maximum atomic E-state index is 12.0. The topological polar surface area (TPSA) is 144 Å². The summed E-state index contributed by atoms with van der Waals surface area (Å²) in [5, 5.41) is 21.1. The Balaban J connectivity index is 1.53. The van der Waals surface area contributed by atoms with Gasteiger partial charge >= 0.3 is 11.8 Å². The van der Waals surface area contributed by atoms with Crippen LogP contribution in [0.3, 0.4) is 0 Å². The van der Waals surface area contributed by atoms with Crippen LogP contribution in [0.4, 0.5) is 22.2 Å². The van der Waals surface area contributed by atoms with E-state index in [1.807, 2.05) is 20.8 Å². The Bertz CT molecular complexity index is 1010. The van der Waals surface area contributed by atoms with Gasteiger partial charge in [-0.15, -0.1) is 0 Å². The molecule has 1 aliphatic rings. The quantitative estimate of drug-likeness (QED) is 0.358. The molecule has 0 aliphatic heterocycles. The van der Waals surface area contributed by atoms with Crippen molar-refractivity contribution < 1.29 is 14.5 Å². The molecule has 0 spiro atoms. The third-order valence-electron chi connectivity index (χ3n) is 5.37. The number of ether oxygens (including phenoxy) is 1. The molecular weight excluding hydrogens is 462 g/mol. The Morgan fingerprint density at radius 2 is 1.97 bits per heavy atom. The third kappa shape index (κ3) is 7.68. The monoisotopic (exact) mass is 491 g/mol. The second-order valence-electron chi connectivity index (χ2n) is 9.25. The lowest BCUT2D eigenvalue weighted by Crippen LogP contribution is -2.41. The summed E-state index contributed by atoms with van der Waals surface area (Å²) in [7, 11) is 0. The molecule has 0 aromatic carbocycles. The zero-order valence-electron chi connectivity index (χ0n) is 19.5. The van der Waals surface area contributed by atoms with Gasteiger partial charge in [0.2, 0.25) is 11.8 Å². The minimum Gasteiger partial charge on any atom is -0.444 e. The summed E-state index contributed by atoms with van der Waals surface area (Å²) in [6.45, 7) is 6.35. The van der Waals surface area contributed by atoms with Gasteiger partial charge in [0.25, 0.3) is 0 Å². The van der Waals surface area contributed by atoms with Crippen LogP contribution in [-0.2, 0) is 11.3 Å². The molecule has 1 aliphatic carbocycles. The van der Waals surface area contributed by atoms with E-state index >= 15 is 0 Å². The van der Waals surface area contributed by atoms with Crippen LogP contribution >= 0.6 is 11.6 Å². The molecule has 3 N–H and O–H groups in total. The Hall–Kier alpha value is -3.21. The number of anilines is 2. The number of pyridine rings is 1. The Morgan fingerprint density at radius 1 is 1.24 bits per heavy atom. The minimum absolute atomic E-state index is 0.0644. The predicted octanol–water partition coefficient (Wildman–Crippen LogP) is 4.54. The van der Waals surface area contributed by atoms with Crippen LogP contribution < -0.4 is 16.0 Å². The van der Waals surface area contributed by atoms with Crippen LogP contribution in [-0.4, -0.2) is 44.2 Å². The zero-order chi connectivity index (χ0) is 24.7. The molecule has 0 atom stereocenters. The number of halogens is 1. The highest BCUT2D eigenvalue weighted by atomic mass is 35.5. The van der Waals surface area contributed by atoms with Gasteiger partial charge in [-0.1, -0.05) is 11.6 Å². The zero-order valence-corrected chi connectivity index (χ0v) is 20.3. The van der Waals surface area contributed by atoms with E-state index in [1.165, 1.54) is 6.20 Å². The second kappa shape index (κ2) is 11.3. The van der Waals surface area contributed by atoms with Crippen molar-refractivity contribution in [1.29, 1.82) is 0 Å². The number of hydrogen-bond donors (Lipinski definition) is 3. The number of carbonyl (C=O) groups excluding carboxylic acids is 1. The highest BCUT2D eigenvalue weighted by Crippen LogP contribution is 2.27. The molecule has 0 unspecified atom stereocenters. The van der Waals surface area contributed by atoms with E-state index in [4.69, 9.17) is 16.3 Å². The lowest BCUT2D eigenvalue weighted by molar-refractivity contribution is -0.384. The van der Waals surface area contributed by atoms with Crippen molar-refractivity contribution in [2.75, 3.05) is 17.2 Å². The van der Waals surface area contributed by atoms with Gasteiger partial charge in [-0.2, -0.15) is 4.98 Å². The van der Waals surface area contributed by atoms with E-state index in [-0.39, 0.29) is 23.5 Å². The van der Waals surface area contributed by atoms with Crippen molar-refractivity contribution in [1.82, 2.24) is 20.3 Å². The molecule has 1 fully saturated rings. The first-order chi connectivity index (χ1) is 16.1. The summed E-state index contributed by atoms with van der Waals surface area (Å²) in [4.78, 5) is 35.3.